The van der Waals surface area contributed by atoms with Gasteiger partial charge in [0.15, 0.2) is 10.7 Å². The number of anilines is 1. The zero-order valence-corrected chi connectivity index (χ0v) is 13.2. The molecule has 0 aromatic heterocycles. The number of rotatable bonds is 2. The standard InChI is InChI=1S/C16H12N2O5S/c19-13-7-5-11(15(20)17-13)18-10-4-6-12(24(22)23)8-2-1-3-9(14(8)10)16(18)21/h1-4,6,11,24H,5,7H2,(H,17,19,20). The van der Waals surface area contributed by atoms with Gasteiger partial charge in [0.1, 0.15) is 6.04 Å². The summed E-state index contributed by atoms with van der Waals surface area (Å²) in [6, 6.07) is 7.07. The molecule has 3 amide bonds. The fourth-order valence-corrected chi connectivity index (χ4v) is 3.97. The van der Waals surface area contributed by atoms with Crippen molar-refractivity contribution in [1.29, 1.82) is 0 Å². The Labute approximate surface area is 138 Å². The number of imide groups is 1. The lowest BCUT2D eigenvalue weighted by Gasteiger charge is -2.30. The Balaban J connectivity index is 1.92. The van der Waals surface area contributed by atoms with Gasteiger partial charge in [0.05, 0.1) is 10.6 Å². The molecule has 0 bridgehead atoms. The quantitative estimate of drug-likeness (QED) is 0.613. The summed E-state index contributed by atoms with van der Waals surface area (Å²) in [6.07, 6.45) is 0.396. The molecule has 0 spiro atoms. The van der Waals surface area contributed by atoms with Gasteiger partial charge >= 0.3 is 0 Å². The summed E-state index contributed by atoms with van der Waals surface area (Å²) in [7, 11) is -2.80. The predicted molar refractivity (Wildman–Crippen MR) is 85.5 cm³/mol. The van der Waals surface area contributed by atoms with Gasteiger partial charge in [-0.15, -0.1) is 0 Å². The largest absolute Gasteiger partial charge is 0.295 e. The molecule has 2 aromatic rings. The Morgan fingerprint density at radius 1 is 1.08 bits per heavy atom. The molecule has 1 atom stereocenters. The molecule has 2 aliphatic heterocycles. The molecule has 1 saturated heterocycles. The number of nitrogens with zero attached hydrogens (tertiary/aromatic N) is 1. The monoisotopic (exact) mass is 344 g/mol. The molecule has 2 heterocycles. The van der Waals surface area contributed by atoms with Crippen molar-refractivity contribution in [1.82, 2.24) is 5.32 Å². The molecule has 0 saturated carbocycles. The van der Waals surface area contributed by atoms with E-state index in [1.165, 1.54) is 11.0 Å². The Kier molecular flexibility index (Phi) is 3.17. The van der Waals surface area contributed by atoms with Gasteiger partial charge in [-0.25, -0.2) is 8.42 Å². The van der Waals surface area contributed by atoms with Crippen LogP contribution >= 0.6 is 0 Å². The third kappa shape index (κ3) is 1.96. The van der Waals surface area contributed by atoms with Gasteiger partial charge in [0, 0.05) is 22.8 Å². The van der Waals surface area contributed by atoms with Crippen molar-refractivity contribution in [2.75, 3.05) is 4.90 Å². The second-order valence-corrected chi connectivity index (χ2v) is 6.73. The van der Waals surface area contributed by atoms with Gasteiger partial charge in [-0.05, 0) is 24.6 Å². The summed E-state index contributed by atoms with van der Waals surface area (Å²) in [4.78, 5) is 37.8. The van der Waals surface area contributed by atoms with E-state index in [4.69, 9.17) is 0 Å². The van der Waals surface area contributed by atoms with E-state index in [2.05, 4.69) is 5.32 Å². The lowest BCUT2D eigenvalue weighted by atomic mass is 10.0. The molecule has 1 N–H and O–H groups in total. The van der Waals surface area contributed by atoms with E-state index in [1.807, 2.05) is 0 Å². The first-order chi connectivity index (χ1) is 11.5. The van der Waals surface area contributed by atoms with Crippen LogP contribution in [0, 0.1) is 0 Å². The number of hydrogen-bond donors (Lipinski definition) is 2. The highest BCUT2D eigenvalue weighted by atomic mass is 32.2. The summed E-state index contributed by atoms with van der Waals surface area (Å²) in [5, 5.41) is 3.24. The molecule has 0 radical (unpaired) electrons. The van der Waals surface area contributed by atoms with Crippen molar-refractivity contribution >= 4 is 44.9 Å². The molecule has 1 unspecified atom stereocenters. The third-order valence-electron chi connectivity index (χ3n) is 4.42. The van der Waals surface area contributed by atoms with Crippen LogP contribution in [-0.2, 0) is 20.3 Å². The Bertz CT molecular complexity index is 1000. The van der Waals surface area contributed by atoms with Crippen molar-refractivity contribution in [2.24, 2.45) is 0 Å². The lowest BCUT2D eigenvalue weighted by molar-refractivity contribution is -0.134. The minimum absolute atomic E-state index is 0.142. The first kappa shape index (κ1) is 14.8. The third-order valence-corrected chi connectivity index (χ3v) is 5.21. The number of piperidine rings is 1. The summed E-state index contributed by atoms with van der Waals surface area (Å²) in [6.45, 7) is 0. The number of benzene rings is 2. The van der Waals surface area contributed by atoms with Crippen molar-refractivity contribution in [2.45, 2.75) is 23.8 Å². The van der Waals surface area contributed by atoms with Gasteiger partial charge in [-0.3, -0.25) is 24.6 Å². The molecule has 7 nitrogen and oxygen atoms in total. The maximum Gasteiger partial charge on any atom is 0.259 e. The van der Waals surface area contributed by atoms with E-state index in [-0.39, 0.29) is 29.6 Å². The average molecular weight is 344 g/mol. The molecule has 122 valence electrons. The topological polar surface area (TPSA) is 101 Å². The van der Waals surface area contributed by atoms with Crippen LogP contribution in [0.3, 0.4) is 0 Å². The number of amides is 3. The van der Waals surface area contributed by atoms with E-state index in [0.717, 1.165) is 0 Å². The fourth-order valence-electron chi connectivity index (χ4n) is 3.39. The Hall–Kier alpha value is -2.74. The van der Waals surface area contributed by atoms with Crippen molar-refractivity contribution < 1.29 is 22.8 Å². The molecule has 1 fully saturated rings. The van der Waals surface area contributed by atoms with E-state index in [0.29, 0.717) is 22.0 Å². The normalized spacial score (nSPS) is 20.1. The number of carbonyl (C=O) groups is 3. The Morgan fingerprint density at radius 2 is 1.88 bits per heavy atom. The van der Waals surface area contributed by atoms with E-state index < -0.39 is 22.7 Å². The SMILES string of the molecule is O=C1CCC(N2C(=O)c3cccc4c([SH](=O)=O)ccc2c34)C(=O)N1. The molecule has 2 aliphatic rings. The summed E-state index contributed by atoms with van der Waals surface area (Å²) in [5.74, 6) is -1.23. The minimum Gasteiger partial charge on any atom is -0.295 e. The number of carbonyl (C=O) groups excluding carboxylic acids is 3. The highest BCUT2D eigenvalue weighted by Gasteiger charge is 2.40. The number of hydrogen-bond acceptors (Lipinski definition) is 5. The molecular formula is C16H12N2O5S. The van der Waals surface area contributed by atoms with Gasteiger partial charge in [-0.1, -0.05) is 12.1 Å². The number of nitrogens with one attached hydrogen (secondary N) is 1. The maximum absolute atomic E-state index is 12.8. The summed E-state index contributed by atoms with van der Waals surface area (Å²) in [5.41, 5.74) is 0.867. The van der Waals surface area contributed by atoms with E-state index in [1.54, 1.807) is 24.3 Å². The minimum atomic E-state index is -2.80. The zero-order chi connectivity index (χ0) is 17.0. The van der Waals surface area contributed by atoms with E-state index in [9.17, 15) is 22.8 Å². The van der Waals surface area contributed by atoms with Gasteiger partial charge in [0.25, 0.3) is 5.91 Å². The smallest absolute Gasteiger partial charge is 0.259 e. The average Bonchev–Trinajstić information content (AvgIpc) is 2.82. The second-order valence-electron chi connectivity index (χ2n) is 5.73. The van der Waals surface area contributed by atoms with Crippen LogP contribution in [0.5, 0.6) is 0 Å². The molecule has 2 aromatic carbocycles. The van der Waals surface area contributed by atoms with Crippen molar-refractivity contribution in [3.05, 3.63) is 35.9 Å². The predicted octanol–water partition coefficient (Wildman–Crippen LogP) is 0.576. The lowest BCUT2D eigenvalue weighted by Crippen LogP contribution is -2.53. The van der Waals surface area contributed by atoms with Gasteiger partial charge in [0.2, 0.25) is 11.8 Å². The highest BCUT2D eigenvalue weighted by molar-refractivity contribution is 7.72. The molecule has 4 rings (SSSR count). The first-order valence-corrected chi connectivity index (χ1v) is 8.54. The van der Waals surface area contributed by atoms with Crippen molar-refractivity contribution in [3.8, 4) is 0 Å². The zero-order valence-electron chi connectivity index (χ0n) is 12.3. The van der Waals surface area contributed by atoms with Gasteiger partial charge < -0.3 is 0 Å². The van der Waals surface area contributed by atoms with Gasteiger partial charge in [-0.2, -0.15) is 0 Å². The molecular weight excluding hydrogens is 332 g/mol. The van der Waals surface area contributed by atoms with Crippen LogP contribution in [0.2, 0.25) is 0 Å². The second kappa shape index (κ2) is 5.13. The first-order valence-electron chi connectivity index (χ1n) is 7.36. The van der Waals surface area contributed by atoms with E-state index >= 15 is 0 Å². The van der Waals surface area contributed by atoms with Crippen LogP contribution in [0.1, 0.15) is 23.2 Å². The summed E-state index contributed by atoms with van der Waals surface area (Å²) < 4.78 is 22.9. The highest BCUT2D eigenvalue weighted by Crippen LogP contribution is 2.41. The molecule has 24 heavy (non-hydrogen) atoms. The van der Waals surface area contributed by atoms with Crippen LogP contribution in [0.4, 0.5) is 5.69 Å². The Morgan fingerprint density at radius 3 is 2.58 bits per heavy atom. The number of thiol groups is 1. The van der Waals surface area contributed by atoms with Crippen LogP contribution in [0.15, 0.2) is 35.2 Å². The maximum atomic E-state index is 12.8. The van der Waals surface area contributed by atoms with Crippen LogP contribution in [0.25, 0.3) is 10.8 Å². The molecule has 8 heteroatoms. The van der Waals surface area contributed by atoms with Crippen LogP contribution in [-0.4, -0.2) is 32.2 Å². The fraction of sp³-hybridized carbons (Fsp3) is 0.188. The van der Waals surface area contributed by atoms with Crippen molar-refractivity contribution in [3.63, 3.8) is 0 Å². The molecule has 0 aliphatic carbocycles. The summed E-state index contributed by atoms with van der Waals surface area (Å²) >= 11 is 0. The van der Waals surface area contributed by atoms with Crippen LogP contribution < -0.4 is 10.2 Å².